The normalized spacial score (nSPS) is 13.9. The Morgan fingerprint density at radius 1 is 0.789 bits per heavy atom. The molecular formula is C6H3B10NS2. The van der Waals surface area contributed by atoms with Crippen LogP contribution in [0.4, 0.5) is 0 Å². The fraction of sp³-hybridized carbons (Fsp3) is 0.833. The lowest BCUT2D eigenvalue weighted by molar-refractivity contribution is 0.302. The molecule has 0 amide bonds. The van der Waals surface area contributed by atoms with Crippen LogP contribution in [0.3, 0.4) is 0 Å². The average Bonchev–Trinajstić information content (AvgIpc) is 2.12. The largest absolute Gasteiger partial charge is 0.384 e. The van der Waals surface area contributed by atoms with Gasteiger partial charge in [-0.15, -0.1) is 22.0 Å². The summed E-state index contributed by atoms with van der Waals surface area (Å²) in [4.78, 5) is 0.819. The predicted molar refractivity (Wildman–Crippen MR) is 96.3 cm³/mol. The number of thiocarbonyl (C=S) groups is 1. The maximum absolute atomic E-state index is 5.80. The molecule has 0 bridgehead atoms. The fourth-order valence-electron chi connectivity index (χ4n) is 1.09. The maximum atomic E-state index is 5.80. The molecule has 0 aromatic rings. The molecule has 20 radical (unpaired) electrons. The van der Waals surface area contributed by atoms with Crippen molar-refractivity contribution in [1.82, 2.24) is 4.90 Å². The molecule has 0 saturated heterocycles. The molecule has 0 fully saturated rings. The van der Waals surface area contributed by atoms with Crippen molar-refractivity contribution in [3.05, 3.63) is 0 Å². The van der Waals surface area contributed by atoms with E-state index in [-0.39, 0.29) is 4.32 Å². The van der Waals surface area contributed by atoms with Crippen molar-refractivity contribution in [3.63, 3.8) is 0 Å². The van der Waals surface area contributed by atoms with E-state index in [1.807, 2.05) is 0 Å². The minimum absolute atomic E-state index is 0.00597. The quantitative estimate of drug-likeness (QED) is 0.394. The van der Waals surface area contributed by atoms with E-state index in [1.54, 1.807) is 6.26 Å². The Morgan fingerprint density at radius 3 is 1.21 bits per heavy atom. The van der Waals surface area contributed by atoms with Gasteiger partial charge in [-0.25, -0.2) is 0 Å². The van der Waals surface area contributed by atoms with Crippen LogP contribution in [0.25, 0.3) is 0 Å². The summed E-state index contributed by atoms with van der Waals surface area (Å²) in [5.41, 5.74) is 0. The molecule has 74 valence electrons. The van der Waals surface area contributed by atoms with E-state index in [9.17, 15) is 0 Å². The van der Waals surface area contributed by atoms with Gasteiger partial charge < -0.3 is 4.90 Å². The number of hydrogen-bond acceptors (Lipinski definition) is 2. The summed E-state index contributed by atoms with van der Waals surface area (Å²) in [6.45, 7) is 0. The highest BCUT2D eigenvalue weighted by molar-refractivity contribution is 8.22. The molecule has 0 aliphatic rings. The molecule has 0 atom stereocenters. The molecule has 19 heavy (non-hydrogen) atoms. The van der Waals surface area contributed by atoms with Gasteiger partial charge in [-0.3, -0.25) is 0 Å². The van der Waals surface area contributed by atoms with Crippen molar-refractivity contribution >= 4 is 107 Å². The molecule has 0 aromatic carbocycles. The minimum atomic E-state index is -2.17. The summed E-state index contributed by atoms with van der Waals surface area (Å²) in [5, 5.41) is -8.58. The van der Waals surface area contributed by atoms with Crippen molar-refractivity contribution in [2.45, 2.75) is 20.9 Å². The Morgan fingerprint density at radius 2 is 1.05 bits per heavy atom. The Kier molecular flexibility index (Phi) is 6.22. The van der Waals surface area contributed by atoms with Gasteiger partial charge in [-0.2, -0.15) is 0 Å². The van der Waals surface area contributed by atoms with Crippen LogP contribution >= 0.6 is 24.0 Å². The Hall–Kier alpha value is 0.889. The molecule has 0 heterocycles. The van der Waals surface area contributed by atoms with Gasteiger partial charge >= 0.3 is 0 Å². The highest BCUT2D eigenvalue weighted by Crippen LogP contribution is 2.40. The lowest BCUT2D eigenvalue weighted by Crippen LogP contribution is -2.72. The van der Waals surface area contributed by atoms with Crippen LogP contribution in [0, 0.1) is 0 Å². The molecule has 13 heteroatoms. The zero-order valence-electron chi connectivity index (χ0n) is 10.5. The second-order valence-electron chi connectivity index (χ2n) is 4.32. The van der Waals surface area contributed by atoms with Crippen molar-refractivity contribution in [2.75, 3.05) is 6.26 Å². The smallest absolute Gasteiger partial charge is 0.134 e. The fourth-order valence-corrected chi connectivity index (χ4v) is 1.87. The van der Waals surface area contributed by atoms with E-state index in [4.69, 9.17) is 90.7 Å². The maximum Gasteiger partial charge on any atom is 0.134 e. The molecule has 0 aliphatic carbocycles. The number of nitrogens with zero attached hydrogens (tertiary/aromatic N) is 1. The van der Waals surface area contributed by atoms with E-state index >= 15 is 0 Å². The first-order chi connectivity index (χ1) is 8.10. The third kappa shape index (κ3) is 3.96. The molecule has 0 spiro atoms. The lowest BCUT2D eigenvalue weighted by Gasteiger charge is -2.63. The highest BCUT2D eigenvalue weighted by Gasteiger charge is 2.46. The number of rotatable bonds is 4. The van der Waals surface area contributed by atoms with Gasteiger partial charge in [-0.05, 0) is 6.26 Å². The topological polar surface area (TPSA) is 3.24 Å². The Labute approximate surface area is 138 Å². The summed E-state index contributed by atoms with van der Waals surface area (Å²) in [7, 11) is 56.2. The first-order valence-corrected chi connectivity index (χ1v) is 6.51. The predicted octanol–water partition coefficient (Wildman–Crippen LogP) is -2.92. The van der Waals surface area contributed by atoms with E-state index in [0.29, 0.717) is 0 Å². The minimum Gasteiger partial charge on any atom is -0.384 e. The zero-order valence-corrected chi connectivity index (χ0v) is 12.2. The van der Waals surface area contributed by atoms with Gasteiger partial charge in [0.1, 0.15) is 4.32 Å². The van der Waals surface area contributed by atoms with Crippen LogP contribution in [-0.2, 0) is 0 Å². The zero-order chi connectivity index (χ0) is 15.9. The molecule has 1 nitrogen and oxygen atoms in total. The summed E-state index contributed by atoms with van der Waals surface area (Å²) in [5.74, 6) is 0. The summed E-state index contributed by atoms with van der Waals surface area (Å²) >= 11 is 6.07. The van der Waals surface area contributed by atoms with Crippen molar-refractivity contribution < 1.29 is 0 Å². The number of thioether (sulfide) groups is 1. The average molecular weight is 261 g/mol. The second-order valence-corrected chi connectivity index (χ2v) is 5.76. The summed E-state index contributed by atoms with van der Waals surface area (Å²) < 4.78 is 0.00597. The molecule has 0 N–H and O–H groups in total. The van der Waals surface area contributed by atoms with E-state index in [0.717, 1.165) is 16.7 Å². The van der Waals surface area contributed by atoms with Crippen molar-refractivity contribution in [2.24, 2.45) is 0 Å². The standard InChI is InChI=1S/C6H3B10NS2/c1-19-2(18)17(5(13,14)3(7,8)9)6(15,16)4(10,11)12/h1H3. The van der Waals surface area contributed by atoms with Crippen LogP contribution in [0.15, 0.2) is 0 Å². The molecule has 0 rings (SSSR count). The molecule has 0 aliphatic heterocycles. The Bertz CT molecular complexity index is 319. The lowest BCUT2D eigenvalue weighted by atomic mass is 9.22. The second kappa shape index (κ2) is 5.94. The van der Waals surface area contributed by atoms with E-state index in [2.05, 4.69) is 0 Å². The summed E-state index contributed by atoms with van der Waals surface area (Å²) in [6.07, 6.45) is 1.61. The number of hydrogen-bond donors (Lipinski definition) is 0. The first-order valence-electron chi connectivity index (χ1n) is 4.87. The molecule has 0 unspecified atom stereocenters. The van der Waals surface area contributed by atoms with Crippen molar-refractivity contribution in [1.29, 1.82) is 0 Å². The Balaban J connectivity index is 5.95. The SMILES string of the molecule is [B]C([B])([B])C([B])([B])N(C(=S)SC)C([B])([B])C([B])([B])[B]. The molecular weight excluding hydrogens is 258 g/mol. The van der Waals surface area contributed by atoms with Gasteiger partial charge in [-0.1, -0.05) is 22.9 Å². The third-order valence-electron chi connectivity index (χ3n) is 2.48. The molecule has 0 saturated carbocycles. The monoisotopic (exact) mass is 263 g/mol. The van der Waals surface area contributed by atoms with Gasteiger partial charge in [0, 0.05) is 0 Å². The highest BCUT2D eigenvalue weighted by atomic mass is 32.2. The van der Waals surface area contributed by atoms with Gasteiger partial charge in [0.05, 0.1) is 78.5 Å². The summed E-state index contributed by atoms with van der Waals surface area (Å²) in [6, 6.07) is 0. The van der Waals surface area contributed by atoms with Crippen molar-refractivity contribution in [3.8, 4) is 0 Å². The van der Waals surface area contributed by atoms with Gasteiger partial charge in [0.2, 0.25) is 0 Å². The van der Waals surface area contributed by atoms with Crippen LogP contribution < -0.4 is 0 Å². The molecule has 0 aromatic heterocycles. The van der Waals surface area contributed by atoms with Gasteiger partial charge in [0.15, 0.2) is 0 Å². The third-order valence-corrected chi connectivity index (χ3v) is 3.70. The van der Waals surface area contributed by atoms with Crippen LogP contribution in [-0.4, -0.2) is 105 Å². The van der Waals surface area contributed by atoms with E-state index in [1.165, 1.54) is 0 Å². The van der Waals surface area contributed by atoms with Crippen LogP contribution in [0.5, 0.6) is 0 Å². The first kappa shape index (κ1) is 19.9. The van der Waals surface area contributed by atoms with E-state index < -0.39 is 20.9 Å². The van der Waals surface area contributed by atoms with Crippen LogP contribution in [0.2, 0.25) is 10.2 Å². The van der Waals surface area contributed by atoms with Crippen LogP contribution in [0.1, 0.15) is 0 Å². The van der Waals surface area contributed by atoms with Gasteiger partial charge in [0.25, 0.3) is 0 Å².